The zero-order valence-corrected chi connectivity index (χ0v) is 15.3. The number of amides is 2. The molecule has 7 heteroatoms. The molecule has 2 heterocycles. The van der Waals surface area contributed by atoms with E-state index >= 15 is 0 Å². The number of hydrogen-bond donors (Lipinski definition) is 3. The van der Waals surface area contributed by atoms with Gasteiger partial charge in [0, 0.05) is 35.3 Å². The van der Waals surface area contributed by atoms with Crippen molar-refractivity contribution >= 4 is 22.7 Å². The Balaban J connectivity index is 1.72. The lowest BCUT2D eigenvalue weighted by atomic mass is 10.1. The van der Waals surface area contributed by atoms with Crippen molar-refractivity contribution in [3.63, 3.8) is 0 Å². The van der Waals surface area contributed by atoms with Crippen LogP contribution in [0.4, 0.5) is 10.5 Å². The maximum absolute atomic E-state index is 12.3. The fourth-order valence-electron chi connectivity index (χ4n) is 2.93. The third-order valence-electron chi connectivity index (χ3n) is 4.20. The minimum Gasteiger partial charge on any atom is -0.423 e. The number of aromatic amines is 1. The van der Waals surface area contributed by atoms with Crippen molar-refractivity contribution in [3.8, 4) is 0 Å². The minimum atomic E-state index is -0.379. The number of carbonyl (C=O) groups is 1. The summed E-state index contributed by atoms with van der Waals surface area (Å²) in [6.45, 7) is 7.56. The zero-order chi connectivity index (χ0) is 18.8. The average Bonchev–Trinajstić information content (AvgIpc) is 2.93. The Morgan fingerprint density at radius 2 is 1.96 bits per heavy atom. The van der Waals surface area contributed by atoms with Gasteiger partial charge in [-0.25, -0.2) is 9.59 Å². The zero-order valence-electron chi connectivity index (χ0n) is 15.3. The predicted octanol–water partition coefficient (Wildman–Crippen LogP) is 3.19. The second-order valence-corrected chi connectivity index (χ2v) is 6.66. The lowest BCUT2D eigenvalue weighted by molar-refractivity contribution is 0.249. The molecule has 7 nitrogen and oxygen atoms in total. The first-order valence-electron chi connectivity index (χ1n) is 8.45. The minimum absolute atomic E-state index is 0.0711. The number of hydrogen-bond acceptors (Lipinski definition) is 4. The van der Waals surface area contributed by atoms with E-state index in [2.05, 4.69) is 20.8 Å². The molecule has 3 rings (SSSR count). The number of urea groups is 1. The Labute approximate surface area is 150 Å². The fourth-order valence-corrected chi connectivity index (χ4v) is 2.93. The van der Waals surface area contributed by atoms with E-state index < -0.39 is 0 Å². The van der Waals surface area contributed by atoms with Crippen LogP contribution in [-0.4, -0.2) is 22.3 Å². The number of carbonyl (C=O) groups excluding carboxylic acids is 1. The number of nitrogens with one attached hydrogen (secondary N) is 3. The van der Waals surface area contributed by atoms with Crippen molar-refractivity contribution in [2.24, 2.45) is 0 Å². The van der Waals surface area contributed by atoms with Crippen LogP contribution in [0.3, 0.4) is 0 Å². The first kappa shape index (κ1) is 17.7. The Hall–Kier alpha value is -3.09. The smallest absolute Gasteiger partial charge is 0.336 e. The highest BCUT2D eigenvalue weighted by molar-refractivity contribution is 5.94. The lowest BCUT2D eigenvalue weighted by Gasteiger charge is -2.15. The summed E-state index contributed by atoms with van der Waals surface area (Å²) in [6, 6.07) is 6.62. The van der Waals surface area contributed by atoms with Gasteiger partial charge in [0.2, 0.25) is 0 Å². The topological polar surface area (TPSA) is 100 Å². The quantitative estimate of drug-likeness (QED) is 0.626. The number of anilines is 1. The van der Waals surface area contributed by atoms with E-state index in [4.69, 9.17) is 4.42 Å². The molecule has 1 aromatic carbocycles. The standard InChI is InChI=1S/C19H22N4O3/c1-10-6-18(24)26-17-5-11(2)16(9-15(10)17)21-19(25)20-12(3)7-14-8-13(4)22-23-14/h5-6,8-9,12H,7H2,1-4H3,(H,22,23)(H2,20,21,25)/t12-/m0/s1. The van der Waals surface area contributed by atoms with Gasteiger partial charge in [0.15, 0.2) is 0 Å². The van der Waals surface area contributed by atoms with E-state index in [1.165, 1.54) is 6.07 Å². The number of benzene rings is 1. The molecule has 0 aliphatic heterocycles. The molecule has 2 amide bonds. The number of nitrogens with zero attached hydrogens (tertiary/aromatic N) is 1. The van der Waals surface area contributed by atoms with Crippen LogP contribution in [0, 0.1) is 20.8 Å². The third kappa shape index (κ3) is 3.93. The summed E-state index contributed by atoms with van der Waals surface area (Å²) in [7, 11) is 0. The average molecular weight is 354 g/mol. The lowest BCUT2D eigenvalue weighted by Crippen LogP contribution is -2.37. The van der Waals surface area contributed by atoms with E-state index in [9.17, 15) is 9.59 Å². The second-order valence-electron chi connectivity index (χ2n) is 6.66. The summed E-state index contributed by atoms with van der Waals surface area (Å²) in [5.41, 5.74) is 4.33. The Bertz CT molecular complexity index is 1020. The summed E-state index contributed by atoms with van der Waals surface area (Å²) in [4.78, 5) is 23.8. The van der Waals surface area contributed by atoms with Crippen LogP contribution in [0.15, 0.2) is 33.5 Å². The largest absolute Gasteiger partial charge is 0.423 e. The molecule has 26 heavy (non-hydrogen) atoms. The van der Waals surface area contributed by atoms with Gasteiger partial charge >= 0.3 is 11.7 Å². The monoisotopic (exact) mass is 354 g/mol. The van der Waals surface area contributed by atoms with Gasteiger partial charge in [0.1, 0.15) is 5.58 Å². The number of H-pyrrole nitrogens is 1. The van der Waals surface area contributed by atoms with Crippen LogP contribution < -0.4 is 16.3 Å². The molecule has 136 valence electrons. The summed E-state index contributed by atoms with van der Waals surface area (Å²) >= 11 is 0. The van der Waals surface area contributed by atoms with Crippen molar-refractivity contribution in [2.45, 2.75) is 40.2 Å². The van der Waals surface area contributed by atoms with E-state index in [1.807, 2.05) is 39.8 Å². The highest BCUT2D eigenvalue weighted by Crippen LogP contribution is 2.25. The molecular formula is C19H22N4O3. The maximum atomic E-state index is 12.3. The first-order valence-corrected chi connectivity index (χ1v) is 8.45. The highest BCUT2D eigenvalue weighted by atomic mass is 16.4. The van der Waals surface area contributed by atoms with Gasteiger partial charge in [0.25, 0.3) is 0 Å². The SMILES string of the molecule is Cc1cc(C[C@H](C)NC(=O)Nc2cc3c(C)cc(=O)oc3cc2C)n[nH]1. The summed E-state index contributed by atoms with van der Waals surface area (Å²) in [6.07, 6.45) is 0.638. The summed E-state index contributed by atoms with van der Waals surface area (Å²) in [5.74, 6) is 0. The molecule has 0 spiro atoms. The molecular weight excluding hydrogens is 332 g/mol. The van der Waals surface area contributed by atoms with Crippen LogP contribution in [-0.2, 0) is 6.42 Å². The van der Waals surface area contributed by atoms with E-state index in [-0.39, 0.29) is 17.7 Å². The van der Waals surface area contributed by atoms with E-state index in [0.717, 1.165) is 27.9 Å². The summed E-state index contributed by atoms with van der Waals surface area (Å²) < 4.78 is 5.22. The van der Waals surface area contributed by atoms with Crippen molar-refractivity contribution in [3.05, 3.63) is 57.2 Å². The van der Waals surface area contributed by atoms with Crippen molar-refractivity contribution in [1.82, 2.24) is 15.5 Å². The van der Waals surface area contributed by atoms with Crippen molar-refractivity contribution in [1.29, 1.82) is 0 Å². The van der Waals surface area contributed by atoms with E-state index in [1.54, 1.807) is 6.07 Å². The fraction of sp³-hybridized carbons (Fsp3) is 0.316. The van der Waals surface area contributed by atoms with Crippen LogP contribution in [0.2, 0.25) is 0 Å². The first-order chi connectivity index (χ1) is 12.3. The van der Waals surface area contributed by atoms with E-state index in [0.29, 0.717) is 17.7 Å². The van der Waals surface area contributed by atoms with Gasteiger partial charge in [0.05, 0.1) is 5.69 Å². The molecule has 0 aliphatic rings. The highest BCUT2D eigenvalue weighted by Gasteiger charge is 2.12. The van der Waals surface area contributed by atoms with Gasteiger partial charge in [-0.3, -0.25) is 5.10 Å². The van der Waals surface area contributed by atoms with Gasteiger partial charge in [-0.2, -0.15) is 5.10 Å². The number of aryl methyl sites for hydroxylation is 3. The molecule has 3 aromatic rings. The molecule has 0 aliphatic carbocycles. The van der Waals surface area contributed by atoms with Crippen LogP contribution in [0.25, 0.3) is 11.0 Å². The molecule has 1 atom stereocenters. The number of aromatic nitrogens is 2. The van der Waals surface area contributed by atoms with Crippen LogP contribution in [0.5, 0.6) is 0 Å². The Kier molecular flexibility index (Phi) is 4.79. The number of rotatable bonds is 4. The third-order valence-corrected chi connectivity index (χ3v) is 4.20. The Morgan fingerprint density at radius 1 is 1.19 bits per heavy atom. The van der Waals surface area contributed by atoms with Gasteiger partial charge in [-0.05, 0) is 57.0 Å². The molecule has 0 bridgehead atoms. The molecule has 0 radical (unpaired) electrons. The maximum Gasteiger partial charge on any atom is 0.336 e. The normalized spacial score (nSPS) is 12.2. The molecule has 3 N–H and O–H groups in total. The molecule has 0 saturated carbocycles. The second kappa shape index (κ2) is 7.03. The van der Waals surface area contributed by atoms with Crippen molar-refractivity contribution < 1.29 is 9.21 Å². The summed E-state index contributed by atoms with van der Waals surface area (Å²) in [5, 5.41) is 13.6. The van der Waals surface area contributed by atoms with Gasteiger partial charge < -0.3 is 15.1 Å². The van der Waals surface area contributed by atoms with Gasteiger partial charge in [-0.15, -0.1) is 0 Å². The van der Waals surface area contributed by atoms with Crippen molar-refractivity contribution in [2.75, 3.05) is 5.32 Å². The molecule has 2 aromatic heterocycles. The number of fused-ring (bicyclic) bond motifs is 1. The van der Waals surface area contributed by atoms with Crippen LogP contribution in [0.1, 0.15) is 29.4 Å². The van der Waals surface area contributed by atoms with Gasteiger partial charge in [-0.1, -0.05) is 0 Å². The molecule has 0 fully saturated rings. The molecule has 0 saturated heterocycles. The van der Waals surface area contributed by atoms with Crippen LogP contribution >= 0.6 is 0 Å². The predicted molar refractivity (Wildman–Crippen MR) is 101 cm³/mol. The Morgan fingerprint density at radius 3 is 2.65 bits per heavy atom. The molecule has 0 unspecified atom stereocenters.